The van der Waals surface area contributed by atoms with Crippen LogP contribution in [-0.2, 0) is 0 Å². The van der Waals surface area contributed by atoms with Crippen molar-refractivity contribution in [3.05, 3.63) is 41.6 Å². The molecule has 1 unspecified atom stereocenters. The molecule has 1 aliphatic heterocycles. The van der Waals surface area contributed by atoms with E-state index in [1.54, 1.807) is 4.90 Å². The summed E-state index contributed by atoms with van der Waals surface area (Å²) >= 11 is 1.03. The number of benzene rings is 1. The Labute approximate surface area is 144 Å². The number of nitrogen functional groups attached to an aromatic ring is 1. The van der Waals surface area contributed by atoms with E-state index >= 15 is 0 Å². The van der Waals surface area contributed by atoms with Crippen LogP contribution in [0.1, 0.15) is 35.0 Å². The summed E-state index contributed by atoms with van der Waals surface area (Å²) < 4.78 is 3.70. The number of aromatic nitrogens is 2. The fourth-order valence-corrected chi connectivity index (χ4v) is 3.26. The van der Waals surface area contributed by atoms with Crippen molar-refractivity contribution >= 4 is 34.8 Å². The lowest BCUT2D eigenvalue weighted by atomic mass is 9.87. The molecule has 0 bridgehead atoms. The monoisotopic (exact) mass is 354 g/mol. The normalized spacial score (nSPS) is 16.7. The molecule has 0 radical (unpaired) electrons. The SMILES string of the molecule is Cl.Nc1snnc1C(=O)N1CCC(C(O)c2ccccc2)CC1. The smallest absolute Gasteiger partial charge is 0.277 e. The number of carbonyl (C=O) groups excluding carboxylic acids is 1. The van der Waals surface area contributed by atoms with Gasteiger partial charge < -0.3 is 15.7 Å². The van der Waals surface area contributed by atoms with Crippen LogP contribution in [0.2, 0.25) is 0 Å². The molecule has 3 N–H and O–H groups in total. The third kappa shape index (κ3) is 3.80. The van der Waals surface area contributed by atoms with Gasteiger partial charge in [-0.3, -0.25) is 4.79 Å². The number of piperidine rings is 1. The Morgan fingerprint density at radius 2 is 1.96 bits per heavy atom. The molecule has 8 heteroatoms. The van der Waals surface area contributed by atoms with Gasteiger partial charge in [-0.2, -0.15) is 0 Å². The van der Waals surface area contributed by atoms with Crippen LogP contribution in [-0.4, -0.2) is 38.6 Å². The topological polar surface area (TPSA) is 92.3 Å². The van der Waals surface area contributed by atoms with E-state index in [-0.39, 0.29) is 29.9 Å². The van der Waals surface area contributed by atoms with Crippen molar-refractivity contribution in [1.29, 1.82) is 0 Å². The first-order chi connectivity index (χ1) is 10.7. The molecule has 1 atom stereocenters. The van der Waals surface area contributed by atoms with Gasteiger partial charge in [0.05, 0.1) is 6.10 Å². The lowest BCUT2D eigenvalue weighted by Crippen LogP contribution is -2.40. The average Bonchev–Trinajstić information content (AvgIpc) is 3.00. The summed E-state index contributed by atoms with van der Waals surface area (Å²) in [6.45, 7) is 1.20. The lowest BCUT2D eigenvalue weighted by Gasteiger charge is -2.34. The minimum atomic E-state index is -0.482. The van der Waals surface area contributed by atoms with Crippen LogP contribution in [0.4, 0.5) is 5.00 Å². The summed E-state index contributed by atoms with van der Waals surface area (Å²) in [7, 11) is 0. The second-order valence-corrected chi connectivity index (χ2v) is 6.26. The van der Waals surface area contributed by atoms with E-state index in [0.717, 1.165) is 29.9 Å². The molecule has 0 aliphatic carbocycles. The number of nitrogens with zero attached hydrogens (tertiary/aromatic N) is 3. The van der Waals surface area contributed by atoms with Gasteiger partial charge in [-0.25, -0.2) is 0 Å². The molecule has 1 saturated heterocycles. The highest BCUT2D eigenvalue weighted by atomic mass is 35.5. The van der Waals surface area contributed by atoms with E-state index in [1.807, 2.05) is 30.3 Å². The van der Waals surface area contributed by atoms with Gasteiger partial charge >= 0.3 is 0 Å². The van der Waals surface area contributed by atoms with Crippen molar-refractivity contribution in [3.63, 3.8) is 0 Å². The largest absolute Gasteiger partial charge is 0.388 e. The molecule has 1 fully saturated rings. The number of aliphatic hydroxyl groups is 1. The molecule has 1 aromatic carbocycles. The van der Waals surface area contributed by atoms with Crippen molar-refractivity contribution in [3.8, 4) is 0 Å². The number of likely N-dealkylation sites (tertiary alicyclic amines) is 1. The van der Waals surface area contributed by atoms with Crippen molar-refractivity contribution in [2.75, 3.05) is 18.8 Å². The molecule has 0 saturated carbocycles. The molecule has 0 spiro atoms. The zero-order valence-corrected chi connectivity index (χ0v) is 14.1. The van der Waals surface area contributed by atoms with E-state index in [4.69, 9.17) is 5.73 Å². The lowest BCUT2D eigenvalue weighted by molar-refractivity contribution is 0.0459. The summed E-state index contributed by atoms with van der Waals surface area (Å²) in [4.78, 5) is 14.1. The van der Waals surface area contributed by atoms with Crippen LogP contribution in [0.5, 0.6) is 0 Å². The van der Waals surface area contributed by atoms with Crippen LogP contribution in [0, 0.1) is 5.92 Å². The van der Waals surface area contributed by atoms with Gasteiger partial charge in [-0.1, -0.05) is 34.8 Å². The van der Waals surface area contributed by atoms with E-state index < -0.39 is 6.10 Å². The number of amides is 1. The third-order valence-electron chi connectivity index (χ3n) is 4.13. The van der Waals surface area contributed by atoms with Crippen LogP contribution >= 0.6 is 23.9 Å². The Balaban J connectivity index is 0.00000192. The molecule has 1 aliphatic rings. The number of rotatable bonds is 3. The first kappa shape index (κ1) is 17.7. The zero-order chi connectivity index (χ0) is 15.5. The molecule has 124 valence electrons. The van der Waals surface area contributed by atoms with Crippen molar-refractivity contribution in [2.45, 2.75) is 18.9 Å². The second-order valence-electron chi connectivity index (χ2n) is 5.47. The Morgan fingerprint density at radius 3 is 2.52 bits per heavy atom. The molecular weight excluding hydrogens is 336 g/mol. The molecule has 2 aromatic rings. The summed E-state index contributed by atoms with van der Waals surface area (Å²) in [6, 6.07) is 9.65. The highest BCUT2D eigenvalue weighted by Crippen LogP contribution is 2.31. The molecular formula is C15H19ClN4O2S. The minimum Gasteiger partial charge on any atom is -0.388 e. The molecule has 23 heavy (non-hydrogen) atoms. The summed E-state index contributed by atoms with van der Waals surface area (Å²) in [5.74, 6) is -0.00347. The number of halogens is 1. The van der Waals surface area contributed by atoms with Crippen molar-refractivity contribution in [2.24, 2.45) is 5.92 Å². The van der Waals surface area contributed by atoms with E-state index in [0.29, 0.717) is 18.1 Å². The number of hydrogen-bond acceptors (Lipinski definition) is 6. The van der Waals surface area contributed by atoms with E-state index in [1.165, 1.54) is 0 Å². The number of nitrogens with two attached hydrogens (primary N) is 1. The van der Waals surface area contributed by atoms with Crippen molar-refractivity contribution < 1.29 is 9.90 Å². The molecule has 2 heterocycles. The first-order valence-corrected chi connectivity index (χ1v) is 8.04. The van der Waals surface area contributed by atoms with Gasteiger partial charge in [-0.05, 0) is 24.3 Å². The van der Waals surface area contributed by atoms with Crippen LogP contribution in [0.25, 0.3) is 0 Å². The van der Waals surface area contributed by atoms with Gasteiger partial charge in [-0.15, -0.1) is 17.5 Å². The van der Waals surface area contributed by atoms with Crippen LogP contribution in [0.15, 0.2) is 30.3 Å². The van der Waals surface area contributed by atoms with Gasteiger partial charge in [0.25, 0.3) is 5.91 Å². The number of aliphatic hydroxyl groups excluding tert-OH is 1. The Bertz CT molecular complexity index is 644. The maximum atomic E-state index is 12.3. The maximum Gasteiger partial charge on any atom is 0.277 e. The predicted octanol–water partition coefficient (Wildman–Crippen LogP) is 2.13. The van der Waals surface area contributed by atoms with Crippen LogP contribution in [0.3, 0.4) is 0 Å². The summed E-state index contributed by atoms with van der Waals surface area (Å²) in [6.07, 6.45) is 1.04. The van der Waals surface area contributed by atoms with Gasteiger partial charge in [0.1, 0.15) is 5.00 Å². The number of hydrogen-bond donors (Lipinski definition) is 2. The quantitative estimate of drug-likeness (QED) is 0.880. The van der Waals surface area contributed by atoms with Gasteiger partial charge in [0.2, 0.25) is 0 Å². The number of anilines is 1. The molecule has 1 amide bonds. The number of carbonyl (C=O) groups is 1. The third-order valence-corrected chi connectivity index (χ3v) is 4.68. The average molecular weight is 355 g/mol. The van der Waals surface area contributed by atoms with Crippen LogP contribution < -0.4 is 5.73 Å². The first-order valence-electron chi connectivity index (χ1n) is 7.27. The maximum absolute atomic E-state index is 12.3. The Hall–Kier alpha value is -1.70. The fourth-order valence-electron chi connectivity index (χ4n) is 2.84. The van der Waals surface area contributed by atoms with E-state index in [2.05, 4.69) is 9.59 Å². The minimum absolute atomic E-state index is 0. The molecule has 3 rings (SSSR count). The fraction of sp³-hybridized carbons (Fsp3) is 0.400. The predicted molar refractivity (Wildman–Crippen MR) is 91.6 cm³/mol. The highest BCUT2D eigenvalue weighted by molar-refractivity contribution is 7.10. The van der Waals surface area contributed by atoms with Gasteiger partial charge in [0, 0.05) is 24.6 Å². The highest BCUT2D eigenvalue weighted by Gasteiger charge is 2.30. The summed E-state index contributed by atoms with van der Waals surface area (Å²) in [5.41, 5.74) is 6.88. The van der Waals surface area contributed by atoms with Gasteiger partial charge in [0.15, 0.2) is 5.69 Å². The molecule has 6 nitrogen and oxygen atoms in total. The zero-order valence-electron chi connectivity index (χ0n) is 12.5. The van der Waals surface area contributed by atoms with Crippen molar-refractivity contribution in [1.82, 2.24) is 14.5 Å². The standard InChI is InChI=1S/C15H18N4O2S.ClH/c16-14-12(17-18-22-14)15(21)19-8-6-11(7-9-19)13(20)10-4-2-1-3-5-10;/h1-5,11,13,20H,6-9,16H2;1H. The van der Waals surface area contributed by atoms with E-state index in [9.17, 15) is 9.90 Å². The molecule has 1 aromatic heterocycles. The summed E-state index contributed by atoms with van der Waals surface area (Å²) in [5, 5.41) is 14.6. The second kappa shape index (κ2) is 7.72. The Kier molecular flexibility index (Phi) is 5.92. The Morgan fingerprint density at radius 1 is 1.30 bits per heavy atom.